The summed E-state index contributed by atoms with van der Waals surface area (Å²) in [6.45, 7) is 6.26. The van der Waals surface area contributed by atoms with Crippen molar-refractivity contribution in [1.82, 2.24) is 10.2 Å². The number of likely N-dealkylation sites (tertiary alicyclic amines) is 1. The number of hydrogen-bond donors (Lipinski definition) is 1. The van der Waals surface area contributed by atoms with Crippen LogP contribution in [0, 0.1) is 0 Å². The molecule has 0 aromatic carbocycles. The Kier molecular flexibility index (Phi) is 3.23. The smallest absolute Gasteiger partial charge is 0.0122 e. The molecule has 2 aliphatic heterocycles. The zero-order valence-electron chi connectivity index (χ0n) is 8.76. The lowest BCUT2D eigenvalue weighted by molar-refractivity contribution is 0.123. The second kappa shape index (κ2) is 4.43. The fourth-order valence-corrected chi connectivity index (χ4v) is 2.72. The molecule has 13 heavy (non-hydrogen) atoms. The molecule has 0 aromatic rings. The van der Waals surface area contributed by atoms with Gasteiger partial charge in [-0.2, -0.15) is 0 Å². The third-order valence-corrected chi connectivity index (χ3v) is 3.50. The maximum absolute atomic E-state index is 3.52. The van der Waals surface area contributed by atoms with Crippen LogP contribution in [-0.2, 0) is 0 Å². The minimum absolute atomic E-state index is 0.737. The lowest BCUT2D eigenvalue weighted by Crippen LogP contribution is -2.48. The molecule has 0 saturated carbocycles. The summed E-state index contributed by atoms with van der Waals surface area (Å²) in [5.74, 6) is 0. The van der Waals surface area contributed by atoms with Crippen LogP contribution in [-0.4, -0.2) is 36.6 Å². The van der Waals surface area contributed by atoms with Crippen LogP contribution in [0.1, 0.15) is 39.0 Å². The zero-order valence-corrected chi connectivity index (χ0v) is 8.76. The molecule has 0 amide bonds. The topological polar surface area (TPSA) is 15.3 Å². The van der Waals surface area contributed by atoms with Gasteiger partial charge in [0.2, 0.25) is 0 Å². The van der Waals surface area contributed by atoms with Crippen molar-refractivity contribution >= 4 is 0 Å². The molecule has 2 rings (SSSR count). The summed E-state index contributed by atoms with van der Waals surface area (Å²) >= 11 is 0. The Balaban J connectivity index is 1.83. The Morgan fingerprint density at radius 1 is 1.15 bits per heavy atom. The van der Waals surface area contributed by atoms with E-state index in [1.165, 1.54) is 51.7 Å². The van der Waals surface area contributed by atoms with Gasteiger partial charge in [0, 0.05) is 12.1 Å². The average molecular weight is 182 g/mol. The van der Waals surface area contributed by atoms with Crippen LogP contribution in [0.25, 0.3) is 0 Å². The molecule has 0 aromatic heterocycles. The summed E-state index contributed by atoms with van der Waals surface area (Å²) < 4.78 is 0. The lowest BCUT2D eigenvalue weighted by atomic mass is 9.97. The first kappa shape index (κ1) is 9.47. The molecular formula is C11H22N2. The second-order valence-electron chi connectivity index (χ2n) is 4.63. The first-order valence-electron chi connectivity index (χ1n) is 5.83. The average Bonchev–Trinajstić information content (AvgIpc) is 2.19. The summed E-state index contributed by atoms with van der Waals surface area (Å²) in [4.78, 5) is 2.72. The Labute approximate surface area is 81.7 Å². The predicted molar refractivity (Wildman–Crippen MR) is 55.9 cm³/mol. The molecule has 1 N–H and O–H groups in total. The SMILES string of the molecule is C[C@H]1CC(N2CCCCC2)CCN1. The highest BCUT2D eigenvalue weighted by molar-refractivity contribution is 4.83. The van der Waals surface area contributed by atoms with Crippen LogP contribution < -0.4 is 5.32 Å². The Bertz CT molecular complexity index is 152. The normalized spacial score (nSPS) is 37.6. The van der Waals surface area contributed by atoms with Gasteiger partial charge < -0.3 is 10.2 Å². The van der Waals surface area contributed by atoms with Gasteiger partial charge in [0.15, 0.2) is 0 Å². The summed E-state index contributed by atoms with van der Waals surface area (Å²) in [7, 11) is 0. The van der Waals surface area contributed by atoms with Crippen LogP contribution in [0.15, 0.2) is 0 Å². The van der Waals surface area contributed by atoms with Crippen molar-refractivity contribution < 1.29 is 0 Å². The van der Waals surface area contributed by atoms with Gasteiger partial charge in [-0.3, -0.25) is 0 Å². The van der Waals surface area contributed by atoms with Crippen molar-refractivity contribution in [3.05, 3.63) is 0 Å². The van der Waals surface area contributed by atoms with Crippen molar-refractivity contribution in [3.63, 3.8) is 0 Å². The zero-order chi connectivity index (χ0) is 9.10. The van der Waals surface area contributed by atoms with Gasteiger partial charge in [0.25, 0.3) is 0 Å². The van der Waals surface area contributed by atoms with E-state index in [9.17, 15) is 0 Å². The molecule has 0 spiro atoms. The minimum atomic E-state index is 0.737. The van der Waals surface area contributed by atoms with Crippen LogP contribution in [0.4, 0.5) is 0 Å². The van der Waals surface area contributed by atoms with E-state index in [0.717, 1.165) is 12.1 Å². The van der Waals surface area contributed by atoms with Gasteiger partial charge in [0.1, 0.15) is 0 Å². The lowest BCUT2D eigenvalue weighted by Gasteiger charge is -2.39. The van der Waals surface area contributed by atoms with Crippen LogP contribution in [0.2, 0.25) is 0 Å². The molecule has 2 heterocycles. The monoisotopic (exact) mass is 182 g/mol. The van der Waals surface area contributed by atoms with Gasteiger partial charge in [-0.25, -0.2) is 0 Å². The van der Waals surface area contributed by atoms with E-state index >= 15 is 0 Å². The fourth-order valence-electron chi connectivity index (χ4n) is 2.72. The van der Waals surface area contributed by atoms with Gasteiger partial charge in [-0.15, -0.1) is 0 Å². The number of rotatable bonds is 1. The summed E-state index contributed by atoms with van der Waals surface area (Å²) in [6.07, 6.45) is 7.04. The molecular weight excluding hydrogens is 160 g/mol. The number of nitrogens with zero attached hydrogens (tertiary/aromatic N) is 1. The molecule has 1 unspecified atom stereocenters. The van der Waals surface area contributed by atoms with Crippen molar-refractivity contribution in [3.8, 4) is 0 Å². The van der Waals surface area contributed by atoms with Crippen LogP contribution in [0.3, 0.4) is 0 Å². The van der Waals surface area contributed by atoms with Crippen molar-refractivity contribution in [2.45, 2.75) is 51.1 Å². The van der Waals surface area contributed by atoms with Gasteiger partial charge in [-0.05, 0) is 52.2 Å². The fraction of sp³-hybridized carbons (Fsp3) is 1.00. The quantitative estimate of drug-likeness (QED) is 0.663. The van der Waals surface area contributed by atoms with Crippen LogP contribution >= 0.6 is 0 Å². The van der Waals surface area contributed by atoms with Crippen molar-refractivity contribution in [1.29, 1.82) is 0 Å². The summed E-state index contributed by atoms with van der Waals surface area (Å²) in [5.41, 5.74) is 0. The van der Waals surface area contributed by atoms with Gasteiger partial charge in [-0.1, -0.05) is 6.42 Å². The van der Waals surface area contributed by atoms with Gasteiger partial charge >= 0.3 is 0 Å². The first-order chi connectivity index (χ1) is 6.36. The van der Waals surface area contributed by atoms with E-state index in [0.29, 0.717) is 0 Å². The standard InChI is InChI=1S/C11H22N2/c1-10-9-11(5-6-12-10)13-7-3-2-4-8-13/h10-12H,2-9H2,1H3/t10-,11?/m0/s1. The number of piperidine rings is 2. The minimum Gasteiger partial charge on any atom is -0.314 e. The van der Waals surface area contributed by atoms with E-state index in [1.54, 1.807) is 0 Å². The second-order valence-corrected chi connectivity index (χ2v) is 4.63. The van der Waals surface area contributed by atoms with E-state index in [2.05, 4.69) is 17.1 Å². The third kappa shape index (κ3) is 2.44. The van der Waals surface area contributed by atoms with Gasteiger partial charge in [0.05, 0.1) is 0 Å². The Morgan fingerprint density at radius 3 is 2.62 bits per heavy atom. The maximum atomic E-state index is 3.52. The van der Waals surface area contributed by atoms with Crippen molar-refractivity contribution in [2.75, 3.05) is 19.6 Å². The van der Waals surface area contributed by atoms with E-state index in [-0.39, 0.29) is 0 Å². The van der Waals surface area contributed by atoms with E-state index in [4.69, 9.17) is 0 Å². The summed E-state index contributed by atoms with van der Waals surface area (Å²) in [6, 6.07) is 1.62. The maximum Gasteiger partial charge on any atom is 0.0122 e. The Morgan fingerprint density at radius 2 is 1.92 bits per heavy atom. The largest absolute Gasteiger partial charge is 0.314 e. The molecule has 2 fully saturated rings. The number of hydrogen-bond acceptors (Lipinski definition) is 2. The van der Waals surface area contributed by atoms with Crippen molar-refractivity contribution in [2.24, 2.45) is 0 Å². The first-order valence-corrected chi connectivity index (χ1v) is 5.83. The predicted octanol–water partition coefficient (Wildman–Crippen LogP) is 1.61. The molecule has 76 valence electrons. The Hall–Kier alpha value is -0.0800. The molecule has 2 aliphatic rings. The van der Waals surface area contributed by atoms with E-state index in [1.807, 2.05) is 0 Å². The molecule has 2 saturated heterocycles. The number of nitrogens with one attached hydrogen (secondary N) is 1. The highest BCUT2D eigenvalue weighted by atomic mass is 15.2. The molecule has 0 aliphatic carbocycles. The molecule has 2 atom stereocenters. The molecule has 2 heteroatoms. The summed E-state index contributed by atoms with van der Waals surface area (Å²) in [5, 5.41) is 3.52. The molecule has 0 bridgehead atoms. The van der Waals surface area contributed by atoms with E-state index < -0.39 is 0 Å². The molecule has 0 radical (unpaired) electrons. The van der Waals surface area contributed by atoms with Crippen LogP contribution in [0.5, 0.6) is 0 Å². The highest BCUT2D eigenvalue weighted by Crippen LogP contribution is 2.19. The highest BCUT2D eigenvalue weighted by Gasteiger charge is 2.24. The molecule has 2 nitrogen and oxygen atoms in total. The third-order valence-electron chi connectivity index (χ3n) is 3.50.